The summed E-state index contributed by atoms with van der Waals surface area (Å²) in [6, 6.07) is 3.18. The summed E-state index contributed by atoms with van der Waals surface area (Å²) in [5.41, 5.74) is -1.07. The summed E-state index contributed by atoms with van der Waals surface area (Å²) in [6.07, 6.45) is 0. The molecule has 1 aromatic carbocycles. The van der Waals surface area contributed by atoms with Crippen LogP contribution in [0.4, 0.5) is 8.78 Å². The van der Waals surface area contributed by atoms with E-state index in [4.69, 9.17) is 0 Å². The van der Waals surface area contributed by atoms with Gasteiger partial charge in [-0.2, -0.15) is 0 Å². The zero-order valence-corrected chi connectivity index (χ0v) is 11.7. The molecule has 0 bridgehead atoms. The first kappa shape index (κ1) is 15.6. The van der Waals surface area contributed by atoms with Crippen molar-refractivity contribution < 1.29 is 23.6 Å². The van der Waals surface area contributed by atoms with Gasteiger partial charge in [0.15, 0.2) is 11.6 Å². The summed E-state index contributed by atoms with van der Waals surface area (Å²) in [4.78, 5) is 22.0. The van der Waals surface area contributed by atoms with Gasteiger partial charge in [-0.1, -0.05) is 12.1 Å². The predicted octanol–water partition coefficient (Wildman–Crippen LogP) is 2.52. The van der Waals surface area contributed by atoms with Crippen LogP contribution >= 0.6 is 0 Å². The number of carboxylic acid groups (broad SMARTS) is 1. The number of hydrogen-bond donors (Lipinski definition) is 2. The average molecular weight is 310 g/mol. The fourth-order valence-corrected chi connectivity index (χ4v) is 2.55. The van der Waals surface area contributed by atoms with Gasteiger partial charge in [0.25, 0.3) is 5.70 Å². The van der Waals surface area contributed by atoms with Crippen LogP contribution in [0.1, 0.15) is 25.3 Å². The molecule has 2 N–H and O–H groups in total. The molecule has 2 rings (SSSR count). The van der Waals surface area contributed by atoms with E-state index in [0.29, 0.717) is 0 Å². The summed E-state index contributed by atoms with van der Waals surface area (Å²) in [6.45, 7) is 2.79. The van der Waals surface area contributed by atoms with E-state index in [-0.39, 0.29) is 22.5 Å². The number of nitrogens with zero attached hydrogens (tertiary/aromatic N) is 1. The van der Waals surface area contributed by atoms with Crippen molar-refractivity contribution in [1.29, 1.82) is 0 Å². The first-order valence-electron chi connectivity index (χ1n) is 6.25. The molecule has 8 heteroatoms. The molecule has 0 unspecified atom stereocenters. The van der Waals surface area contributed by atoms with E-state index in [0.717, 1.165) is 12.1 Å². The molecule has 0 fully saturated rings. The molecule has 0 aromatic heterocycles. The van der Waals surface area contributed by atoms with Crippen LogP contribution in [0.25, 0.3) is 0 Å². The molecule has 116 valence electrons. The Bertz CT molecular complexity index is 704. The van der Waals surface area contributed by atoms with Gasteiger partial charge < -0.3 is 10.4 Å². The molecule has 6 nitrogen and oxygen atoms in total. The number of dihydropyridines is 1. The number of nitro groups is 1. The van der Waals surface area contributed by atoms with E-state index in [1.54, 1.807) is 0 Å². The zero-order valence-electron chi connectivity index (χ0n) is 11.7. The van der Waals surface area contributed by atoms with E-state index < -0.39 is 34.1 Å². The minimum Gasteiger partial charge on any atom is -0.478 e. The summed E-state index contributed by atoms with van der Waals surface area (Å²) < 4.78 is 27.5. The number of benzene rings is 1. The van der Waals surface area contributed by atoms with Crippen LogP contribution in [-0.4, -0.2) is 16.0 Å². The highest BCUT2D eigenvalue weighted by Gasteiger charge is 2.41. The van der Waals surface area contributed by atoms with Gasteiger partial charge in [0.05, 0.1) is 16.2 Å². The summed E-state index contributed by atoms with van der Waals surface area (Å²) in [7, 11) is 0. The molecule has 0 aliphatic carbocycles. The molecule has 0 radical (unpaired) electrons. The van der Waals surface area contributed by atoms with Gasteiger partial charge in [0, 0.05) is 11.3 Å². The number of nitrogens with one attached hydrogen (secondary N) is 1. The van der Waals surface area contributed by atoms with Gasteiger partial charge >= 0.3 is 5.97 Å². The first-order valence-corrected chi connectivity index (χ1v) is 6.25. The van der Waals surface area contributed by atoms with Gasteiger partial charge in [-0.05, 0) is 19.9 Å². The topological polar surface area (TPSA) is 92.5 Å². The Morgan fingerprint density at radius 3 is 2.50 bits per heavy atom. The fraction of sp³-hybridized carbons (Fsp3) is 0.214. The second kappa shape index (κ2) is 5.55. The highest BCUT2D eigenvalue weighted by Crippen LogP contribution is 2.39. The molecule has 0 saturated carbocycles. The Balaban J connectivity index is 2.78. The molecule has 0 saturated heterocycles. The number of halogens is 2. The number of hydrogen-bond acceptors (Lipinski definition) is 4. The van der Waals surface area contributed by atoms with Crippen molar-refractivity contribution in [2.45, 2.75) is 19.8 Å². The molecule has 0 spiro atoms. The average Bonchev–Trinajstić information content (AvgIpc) is 2.39. The van der Waals surface area contributed by atoms with Gasteiger partial charge in [-0.15, -0.1) is 0 Å². The van der Waals surface area contributed by atoms with Crippen LogP contribution in [-0.2, 0) is 4.79 Å². The lowest BCUT2D eigenvalue weighted by molar-refractivity contribution is -0.431. The van der Waals surface area contributed by atoms with E-state index in [1.807, 2.05) is 0 Å². The van der Waals surface area contributed by atoms with E-state index in [2.05, 4.69) is 5.32 Å². The molecule has 22 heavy (non-hydrogen) atoms. The van der Waals surface area contributed by atoms with Crippen molar-refractivity contribution in [3.05, 3.63) is 68.2 Å². The molecular weight excluding hydrogens is 298 g/mol. The van der Waals surface area contributed by atoms with Crippen molar-refractivity contribution in [3.8, 4) is 0 Å². The van der Waals surface area contributed by atoms with E-state index in [9.17, 15) is 28.8 Å². The minimum absolute atomic E-state index is 0.0844. The Morgan fingerprint density at radius 2 is 1.95 bits per heavy atom. The van der Waals surface area contributed by atoms with Crippen LogP contribution in [0, 0.1) is 21.7 Å². The van der Waals surface area contributed by atoms with E-state index in [1.165, 1.54) is 19.9 Å². The largest absolute Gasteiger partial charge is 0.478 e. The monoisotopic (exact) mass is 310 g/mol. The van der Waals surface area contributed by atoms with Crippen LogP contribution in [0.2, 0.25) is 0 Å². The molecule has 1 aliphatic heterocycles. The van der Waals surface area contributed by atoms with Gasteiger partial charge in [0.1, 0.15) is 5.92 Å². The first-order chi connectivity index (χ1) is 10.3. The second-order valence-corrected chi connectivity index (χ2v) is 4.81. The lowest BCUT2D eigenvalue weighted by atomic mass is 9.84. The molecule has 1 heterocycles. The van der Waals surface area contributed by atoms with E-state index >= 15 is 0 Å². The zero-order chi connectivity index (χ0) is 16.6. The van der Waals surface area contributed by atoms with Gasteiger partial charge in [-0.25, -0.2) is 13.6 Å². The van der Waals surface area contributed by atoms with Gasteiger partial charge in [-0.3, -0.25) is 10.1 Å². The lowest BCUT2D eigenvalue weighted by Crippen LogP contribution is -2.31. The predicted molar refractivity (Wildman–Crippen MR) is 72.3 cm³/mol. The minimum atomic E-state index is -1.50. The summed E-state index contributed by atoms with van der Waals surface area (Å²) in [5, 5.41) is 23.2. The van der Waals surface area contributed by atoms with Crippen LogP contribution in [0.15, 0.2) is 40.9 Å². The number of allylic oxidation sites excluding steroid dienone is 3. The normalized spacial score (nSPS) is 18.3. The number of aliphatic carboxylic acids is 1. The molecule has 1 aromatic rings. The standard InChI is InChI=1S/C14H12F2N2O4/c1-6-10(14(19)20)11(13(18(21)22)7(2)17-6)8-4-3-5-9(15)12(8)16/h3-5,11,17H,1-2H3,(H,19,20)/t11-/m1/s1. The van der Waals surface area contributed by atoms with Crippen molar-refractivity contribution >= 4 is 5.97 Å². The third-order valence-corrected chi connectivity index (χ3v) is 3.44. The molecular formula is C14H12F2N2O4. The number of carbonyl (C=O) groups is 1. The summed E-state index contributed by atoms with van der Waals surface area (Å²) >= 11 is 0. The SMILES string of the molecule is CC1=C(C(=O)O)[C@@H](c2cccc(F)c2F)C([N+](=O)[O-])=C(C)N1. The smallest absolute Gasteiger partial charge is 0.334 e. The van der Waals surface area contributed by atoms with Crippen LogP contribution in [0.3, 0.4) is 0 Å². The van der Waals surface area contributed by atoms with Crippen molar-refractivity contribution in [2.24, 2.45) is 0 Å². The Labute approximate surface area is 123 Å². The highest BCUT2D eigenvalue weighted by molar-refractivity contribution is 5.90. The Morgan fingerprint density at radius 1 is 1.32 bits per heavy atom. The molecule has 1 aliphatic rings. The maximum absolute atomic E-state index is 14.1. The quantitative estimate of drug-likeness (QED) is 0.661. The van der Waals surface area contributed by atoms with Crippen molar-refractivity contribution in [1.82, 2.24) is 5.32 Å². The fourth-order valence-electron chi connectivity index (χ4n) is 2.55. The second-order valence-electron chi connectivity index (χ2n) is 4.81. The highest BCUT2D eigenvalue weighted by atomic mass is 19.2. The third kappa shape index (κ3) is 2.43. The van der Waals surface area contributed by atoms with Crippen molar-refractivity contribution in [2.75, 3.05) is 0 Å². The number of rotatable bonds is 3. The van der Waals surface area contributed by atoms with Crippen molar-refractivity contribution in [3.63, 3.8) is 0 Å². The van der Waals surface area contributed by atoms with Gasteiger partial charge in [0.2, 0.25) is 0 Å². The Kier molecular flexibility index (Phi) is 3.94. The molecule has 1 atom stereocenters. The van der Waals surface area contributed by atoms with Crippen LogP contribution in [0.5, 0.6) is 0 Å². The third-order valence-electron chi connectivity index (χ3n) is 3.44. The molecule has 0 amide bonds. The number of carboxylic acids is 1. The summed E-state index contributed by atoms with van der Waals surface area (Å²) in [5.74, 6) is -5.43. The maximum atomic E-state index is 14.1. The Hall–Kier alpha value is -2.77. The lowest BCUT2D eigenvalue weighted by Gasteiger charge is -2.25. The van der Waals surface area contributed by atoms with Crippen LogP contribution < -0.4 is 5.32 Å². The maximum Gasteiger partial charge on any atom is 0.334 e.